The zero-order valence-electron chi connectivity index (χ0n) is 8.88. The molecule has 0 amide bonds. The Balaban J connectivity index is 4.55. The van der Waals surface area contributed by atoms with Gasteiger partial charge in [0.15, 0.2) is 0 Å². The molecule has 0 rings (SSSR count). The average Bonchev–Trinajstić information content (AvgIpc) is 2.11. The molecule has 0 saturated heterocycles. The Kier molecular flexibility index (Phi) is 5.24. The SMILES string of the molecule is CC(C)C(N)C(C[C@H](N)C(=O)O)C(=O)O. The maximum atomic E-state index is 10.9. The first kappa shape index (κ1) is 13.9. The first-order valence-electron chi connectivity index (χ1n) is 4.74. The number of rotatable bonds is 6. The minimum absolute atomic E-state index is 0.0351. The summed E-state index contributed by atoms with van der Waals surface area (Å²) in [6, 6.07) is -1.77. The fraction of sp³-hybridized carbons (Fsp3) is 0.778. The first-order chi connectivity index (χ1) is 6.77. The Morgan fingerprint density at radius 3 is 1.87 bits per heavy atom. The molecule has 6 N–H and O–H groups in total. The Hall–Kier alpha value is -1.14. The second-order valence-electron chi connectivity index (χ2n) is 3.95. The molecule has 6 nitrogen and oxygen atoms in total. The van der Waals surface area contributed by atoms with E-state index in [1.54, 1.807) is 13.8 Å². The van der Waals surface area contributed by atoms with Crippen LogP contribution in [0.1, 0.15) is 20.3 Å². The van der Waals surface area contributed by atoms with Gasteiger partial charge in [0.25, 0.3) is 0 Å². The molecule has 15 heavy (non-hydrogen) atoms. The van der Waals surface area contributed by atoms with Crippen LogP contribution in [0.15, 0.2) is 0 Å². The van der Waals surface area contributed by atoms with Gasteiger partial charge in [-0.1, -0.05) is 13.8 Å². The summed E-state index contributed by atoms with van der Waals surface area (Å²) in [5.41, 5.74) is 11.0. The van der Waals surface area contributed by atoms with Gasteiger partial charge in [0.05, 0.1) is 5.92 Å². The third-order valence-corrected chi connectivity index (χ3v) is 2.38. The van der Waals surface area contributed by atoms with E-state index in [-0.39, 0.29) is 12.3 Å². The number of carbonyl (C=O) groups is 2. The first-order valence-corrected chi connectivity index (χ1v) is 4.74. The maximum Gasteiger partial charge on any atom is 0.320 e. The lowest BCUT2D eigenvalue weighted by molar-refractivity contribution is -0.144. The summed E-state index contributed by atoms with van der Waals surface area (Å²) >= 11 is 0. The molecule has 0 aliphatic rings. The van der Waals surface area contributed by atoms with Crippen LogP contribution in [0, 0.1) is 11.8 Å². The topological polar surface area (TPSA) is 127 Å². The summed E-state index contributed by atoms with van der Waals surface area (Å²) in [6.07, 6.45) is -0.149. The van der Waals surface area contributed by atoms with Crippen LogP contribution < -0.4 is 11.5 Å². The van der Waals surface area contributed by atoms with Gasteiger partial charge in [-0.05, 0) is 12.3 Å². The van der Waals surface area contributed by atoms with E-state index in [2.05, 4.69) is 0 Å². The van der Waals surface area contributed by atoms with Crippen LogP contribution in [-0.4, -0.2) is 34.2 Å². The van der Waals surface area contributed by atoms with Crippen LogP contribution in [0.3, 0.4) is 0 Å². The predicted octanol–water partition coefficient (Wildman–Crippen LogP) is -0.527. The van der Waals surface area contributed by atoms with E-state index in [0.29, 0.717) is 0 Å². The molecule has 0 spiro atoms. The van der Waals surface area contributed by atoms with E-state index in [4.69, 9.17) is 21.7 Å². The van der Waals surface area contributed by atoms with Crippen molar-refractivity contribution in [2.75, 3.05) is 0 Å². The zero-order valence-corrected chi connectivity index (χ0v) is 8.88. The molecular weight excluding hydrogens is 200 g/mol. The Labute approximate surface area is 88.3 Å². The molecule has 6 heteroatoms. The summed E-state index contributed by atoms with van der Waals surface area (Å²) < 4.78 is 0. The largest absolute Gasteiger partial charge is 0.481 e. The van der Waals surface area contributed by atoms with Crippen molar-refractivity contribution in [3.05, 3.63) is 0 Å². The van der Waals surface area contributed by atoms with E-state index in [0.717, 1.165) is 0 Å². The quantitative estimate of drug-likeness (QED) is 0.474. The van der Waals surface area contributed by atoms with Crippen LogP contribution in [0.2, 0.25) is 0 Å². The zero-order chi connectivity index (χ0) is 12.2. The van der Waals surface area contributed by atoms with Crippen LogP contribution in [0.5, 0.6) is 0 Å². The van der Waals surface area contributed by atoms with Crippen LogP contribution >= 0.6 is 0 Å². The second-order valence-corrected chi connectivity index (χ2v) is 3.95. The highest BCUT2D eigenvalue weighted by Crippen LogP contribution is 2.16. The van der Waals surface area contributed by atoms with Crippen molar-refractivity contribution in [3.63, 3.8) is 0 Å². The lowest BCUT2D eigenvalue weighted by Gasteiger charge is -2.24. The van der Waals surface area contributed by atoms with Crippen molar-refractivity contribution in [1.29, 1.82) is 0 Å². The summed E-state index contributed by atoms with van der Waals surface area (Å²) in [7, 11) is 0. The van der Waals surface area contributed by atoms with Crippen molar-refractivity contribution < 1.29 is 19.8 Å². The van der Waals surface area contributed by atoms with Crippen molar-refractivity contribution in [3.8, 4) is 0 Å². The molecule has 0 aromatic heterocycles. The fourth-order valence-electron chi connectivity index (χ4n) is 1.26. The van der Waals surface area contributed by atoms with E-state index >= 15 is 0 Å². The van der Waals surface area contributed by atoms with Crippen molar-refractivity contribution in [1.82, 2.24) is 0 Å². The molecule has 0 aliphatic heterocycles. The van der Waals surface area contributed by atoms with E-state index in [9.17, 15) is 9.59 Å². The highest BCUT2D eigenvalue weighted by molar-refractivity contribution is 5.76. The number of nitrogens with two attached hydrogens (primary N) is 2. The number of hydrogen-bond donors (Lipinski definition) is 4. The lowest BCUT2D eigenvalue weighted by atomic mass is 9.86. The third kappa shape index (κ3) is 4.26. The number of hydrogen-bond acceptors (Lipinski definition) is 4. The number of carboxylic acids is 2. The molecule has 0 aromatic carbocycles. The third-order valence-electron chi connectivity index (χ3n) is 2.38. The molecule has 2 unspecified atom stereocenters. The van der Waals surface area contributed by atoms with Crippen molar-refractivity contribution in [2.24, 2.45) is 23.3 Å². The molecule has 0 aromatic rings. The molecule has 0 aliphatic carbocycles. The molecular formula is C9H18N2O4. The highest BCUT2D eigenvalue weighted by Gasteiger charge is 2.31. The summed E-state index contributed by atoms with van der Waals surface area (Å²) in [5.74, 6) is -3.27. The van der Waals surface area contributed by atoms with Gasteiger partial charge >= 0.3 is 11.9 Å². The molecule has 0 bridgehead atoms. The van der Waals surface area contributed by atoms with Gasteiger partial charge in [-0.25, -0.2) is 0 Å². The van der Waals surface area contributed by atoms with Gasteiger partial charge in [-0.15, -0.1) is 0 Å². The van der Waals surface area contributed by atoms with E-state index in [1.807, 2.05) is 0 Å². The Morgan fingerprint density at radius 1 is 1.13 bits per heavy atom. The molecule has 3 atom stereocenters. The monoisotopic (exact) mass is 218 g/mol. The standard InChI is InChI=1S/C9H18N2O4/c1-4(2)7(11)5(8(12)13)3-6(10)9(14)15/h4-7H,3,10-11H2,1-2H3,(H,12,13)(H,14,15)/t5?,6-,7?/m0/s1. The number of aliphatic carboxylic acids is 2. The van der Waals surface area contributed by atoms with Gasteiger partial charge in [0, 0.05) is 6.04 Å². The van der Waals surface area contributed by atoms with E-state index < -0.39 is 29.9 Å². The lowest BCUT2D eigenvalue weighted by Crippen LogP contribution is -2.44. The molecule has 0 saturated carbocycles. The van der Waals surface area contributed by atoms with Gasteiger partial charge < -0.3 is 21.7 Å². The van der Waals surface area contributed by atoms with E-state index in [1.165, 1.54) is 0 Å². The van der Waals surface area contributed by atoms with Crippen molar-refractivity contribution in [2.45, 2.75) is 32.4 Å². The summed E-state index contributed by atoms with van der Waals surface area (Å²) in [6.45, 7) is 3.57. The van der Waals surface area contributed by atoms with Crippen LogP contribution in [0.4, 0.5) is 0 Å². The maximum absolute atomic E-state index is 10.9. The molecule has 88 valence electrons. The molecule has 0 radical (unpaired) electrons. The van der Waals surface area contributed by atoms with Crippen molar-refractivity contribution >= 4 is 11.9 Å². The second kappa shape index (κ2) is 5.67. The summed E-state index contributed by atoms with van der Waals surface area (Å²) in [5, 5.41) is 17.5. The molecule has 0 fully saturated rings. The predicted molar refractivity (Wildman–Crippen MR) is 54.2 cm³/mol. The number of carboxylic acid groups (broad SMARTS) is 2. The van der Waals surface area contributed by atoms with Gasteiger partial charge in [0.2, 0.25) is 0 Å². The minimum Gasteiger partial charge on any atom is -0.481 e. The van der Waals surface area contributed by atoms with Gasteiger partial charge in [-0.2, -0.15) is 0 Å². The Bertz CT molecular complexity index is 242. The minimum atomic E-state index is -1.21. The van der Waals surface area contributed by atoms with Gasteiger partial charge in [0.1, 0.15) is 6.04 Å². The van der Waals surface area contributed by atoms with Crippen LogP contribution in [0.25, 0.3) is 0 Å². The average molecular weight is 218 g/mol. The molecule has 0 heterocycles. The highest BCUT2D eigenvalue weighted by atomic mass is 16.4. The van der Waals surface area contributed by atoms with Gasteiger partial charge in [-0.3, -0.25) is 9.59 Å². The fourth-order valence-corrected chi connectivity index (χ4v) is 1.26. The summed E-state index contributed by atoms with van der Waals surface area (Å²) in [4.78, 5) is 21.4. The van der Waals surface area contributed by atoms with Crippen LogP contribution in [-0.2, 0) is 9.59 Å². The Morgan fingerprint density at radius 2 is 1.60 bits per heavy atom. The normalized spacial score (nSPS) is 17.1. The smallest absolute Gasteiger partial charge is 0.320 e.